The van der Waals surface area contributed by atoms with Crippen molar-refractivity contribution in [2.75, 3.05) is 19.7 Å². The number of ether oxygens (including phenoxy) is 1. The third-order valence-electron chi connectivity index (χ3n) is 3.54. The third-order valence-corrected chi connectivity index (χ3v) is 3.78. The van der Waals surface area contributed by atoms with Gasteiger partial charge in [-0.25, -0.2) is 0 Å². The van der Waals surface area contributed by atoms with Crippen LogP contribution in [0.1, 0.15) is 45.6 Å². The summed E-state index contributed by atoms with van der Waals surface area (Å²) in [5, 5.41) is 0. The van der Waals surface area contributed by atoms with Crippen LogP contribution in [-0.2, 0) is 0 Å². The van der Waals surface area contributed by atoms with Crippen LogP contribution in [0.25, 0.3) is 0 Å². The lowest BCUT2D eigenvalue weighted by Gasteiger charge is -2.26. The van der Waals surface area contributed by atoms with E-state index in [2.05, 4.69) is 25.7 Å². The molecule has 4 heteroatoms. The normalized spacial score (nSPS) is 11.1. The fraction of sp³-hybridized carbons (Fsp3) is 0.588. The smallest absolute Gasteiger partial charge is 0.120 e. The van der Waals surface area contributed by atoms with E-state index in [-0.39, 0.29) is 0 Å². The van der Waals surface area contributed by atoms with Crippen molar-refractivity contribution in [3.8, 4) is 5.75 Å². The lowest BCUT2D eigenvalue weighted by molar-refractivity contribution is 0.173. The van der Waals surface area contributed by atoms with E-state index >= 15 is 0 Å². The van der Waals surface area contributed by atoms with Crippen LogP contribution >= 0.6 is 12.2 Å². The van der Waals surface area contributed by atoms with Gasteiger partial charge >= 0.3 is 0 Å². The number of hydrogen-bond acceptors (Lipinski definition) is 3. The molecule has 0 spiro atoms. The first-order valence-electron chi connectivity index (χ1n) is 7.81. The largest absolute Gasteiger partial charge is 0.492 e. The Balaban J connectivity index is 2.42. The first-order chi connectivity index (χ1) is 10.0. The van der Waals surface area contributed by atoms with Gasteiger partial charge in [-0.15, -0.1) is 0 Å². The second-order valence-corrected chi connectivity index (χ2v) is 6.02. The Hall–Kier alpha value is -1.13. The van der Waals surface area contributed by atoms with Crippen molar-refractivity contribution in [2.45, 2.75) is 46.1 Å². The maximum absolute atomic E-state index is 5.83. The average molecular weight is 308 g/mol. The van der Waals surface area contributed by atoms with Gasteiger partial charge in [-0.1, -0.05) is 44.1 Å². The van der Waals surface area contributed by atoms with Gasteiger partial charge in [0, 0.05) is 18.2 Å². The lowest BCUT2D eigenvalue weighted by atomic mass is 10.2. The van der Waals surface area contributed by atoms with Crippen LogP contribution in [0.5, 0.6) is 5.75 Å². The van der Waals surface area contributed by atoms with Gasteiger partial charge in [0.1, 0.15) is 17.3 Å². The zero-order valence-corrected chi connectivity index (χ0v) is 14.3. The van der Waals surface area contributed by atoms with Crippen LogP contribution in [0.4, 0.5) is 0 Å². The third kappa shape index (κ3) is 6.91. The molecular formula is C17H28N2OS. The number of benzene rings is 1. The highest BCUT2D eigenvalue weighted by Crippen LogP contribution is 2.13. The van der Waals surface area contributed by atoms with Crippen LogP contribution < -0.4 is 10.5 Å². The molecule has 0 amide bonds. The molecule has 1 aromatic carbocycles. The molecule has 2 N–H and O–H groups in total. The summed E-state index contributed by atoms with van der Waals surface area (Å²) in [6.07, 6.45) is 3.81. The first kappa shape index (κ1) is 17.9. The minimum absolute atomic E-state index is 0.406. The van der Waals surface area contributed by atoms with Crippen LogP contribution in [0, 0.1) is 0 Å². The summed E-state index contributed by atoms with van der Waals surface area (Å²) >= 11 is 4.98. The molecule has 0 unspecified atom stereocenters. The van der Waals surface area contributed by atoms with Crippen molar-refractivity contribution in [1.82, 2.24) is 4.90 Å². The van der Waals surface area contributed by atoms with Crippen molar-refractivity contribution in [3.63, 3.8) is 0 Å². The molecule has 0 aliphatic carbocycles. The van der Waals surface area contributed by atoms with Crippen LogP contribution in [0.15, 0.2) is 24.3 Å². The molecule has 0 aromatic heterocycles. The van der Waals surface area contributed by atoms with E-state index in [4.69, 9.17) is 22.7 Å². The molecule has 0 aliphatic heterocycles. The van der Waals surface area contributed by atoms with Gasteiger partial charge in [-0.3, -0.25) is 4.90 Å². The zero-order valence-electron chi connectivity index (χ0n) is 13.5. The standard InChI is InChI=1S/C17H28N2OS/c1-4-5-6-10-19(14(2)3)11-12-20-16-9-7-8-15(13-16)17(18)21/h7-9,13-14H,4-6,10-12H2,1-3H3,(H2,18,21). The molecule has 118 valence electrons. The summed E-state index contributed by atoms with van der Waals surface area (Å²) in [5.74, 6) is 0.831. The Kier molecular flexibility index (Phi) is 8.31. The number of nitrogens with zero attached hydrogens (tertiary/aromatic N) is 1. The van der Waals surface area contributed by atoms with E-state index in [9.17, 15) is 0 Å². The molecule has 0 saturated heterocycles. The number of thiocarbonyl (C=S) groups is 1. The molecule has 0 heterocycles. The van der Waals surface area contributed by atoms with E-state index in [0.717, 1.165) is 24.4 Å². The Bertz CT molecular complexity index is 435. The van der Waals surface area contributed by atoms with Crippen molar-refractivity contribution in [1.29, 1.82) is 0 Å². The number of unbranched alkanes of at least 4 members (excludes halogenated alkanes) is 2. The predicted molar refractivity (Wildman–Crippen MR) is 94.1 cm³/mol. The maximum atomic E-state index is 5.83. The van der Waals surface area contributed by atoms with Crippen molar-refractivity contribution in [3.05, 3.63) is 29.8 Å². The Morgan fingerprint density at radius 3 is 2.67 bits per heavy atom. The van der Waals surface area contributed by atoms with Crippen molar-refractivity contribution < 1.29 is 4.74 Å². The molecule has 1 rings (SSSR count). The molecule has 0 fully saturated rings. The van der Waals surface area contributed by atoms with Gasteiger partial charge in [0.15, 0.2) is 0 Å². The topological polar surface area (TPSA) is 38.5 Å². The molecule has 0 aliphatic rings. The zero-order chi connectivity index (χ0) is 15.7. The Labute approximate surface area is 134 Å². The molecule has 21 heavy (non-hydrogen) atoms. The molecule has 0 radical (unpaired) electrons. The summed E-state index contributed by atoms with van der Waals surface area (Å²) in [6, 6.07) is 8.22. The van der Waals surface area contributed by atoms with Gasteiger partial charge in [0.2, 0.25) is 0 Å². The molecule has 0 atom stereocenters. The Morgan fingerprint density at radius 1 is 1.29 bits per heavy atom. The van der Waals surface area contributed by atoms with Gasteiger partial charge in [-0.2, -0.15) is 0 Å². The quantitative estimate of drug-likeness (QED) is 0.529. The number of hydrogen-bond donors (Lipinski definition) is 1. The summed E-state index contributed by atoms with van der Waals surface area (Å²) in [4.78, 5) is 2.87. The highest BCUT2D eigenvalue weighted by atomic mass is 32.1. The summed E-state index contributed by atoms with van der Waals surface area (Å²) in [7, 11) is 0. The summed E-state index contributed by atoms with van der Waals surface area (Å²) < 4.78 is 5.83. The van der Waals surface area contributed by atoms with E-state index in [1.165, 1.54) is 19.3 Å². The lowest BCUT2D eigenvalue weighted by Crippen LogP contribution is -2.35. The van der Waals surface area contributed by atoms with Gasteiger partial charge in [-0.05, 0) is 38.9 Å². The van der Waals surface area contributed by atoms with Gasteiger partial charge in [0.25, 0.3) is 0 Å². The second-order valence-electron chi connectivity index (χ2n) is 5.58. The van der Waals surface area contributed by atoms with E-state index in [1.54, 1.807) is 0 Å². The summed E-state index contributed by atoms with van der Waals surface area (Å²) in [6.45, 7) is 9.47. The Morgan fingerprint density at radius 2 is 2.05 bits per heavy atom. The first-order valence-corrected chi connectivity index (χ1v) is 8.22. The maximum Gasteiger partial charge on any atom is 0.120 e. The van der Waals surface area contributed by atoms with E-state index < -0.39 is 0 Å². The monoisotopic (exact) mass is 308 g/mol. The fourth-order valence-corrected chi connectivity index (χ4v) is 2.34. The minimum atomic E-state index is 0.406. The SMILES string of the molecule is CCCCCN(CCOc1cccc(C(N)=S)c1)C(C)C. The predicted octanol–water partition coefficient (Wildman–Crippen LogP) is 3.60. The van der Waals surface area contributed by atoms with Gasteiger partial charge < -0.3 is 10.5 Å². The molecule has 0 saturated carbocycles. The van der Waals surface area contributed by atoms with E-state index in [1.807, 2.05) is 24.3 Å². The molecular weight excluding hydrogens is 280 g/mol. The van der Waals surface area contributed by atoms with Gasteiger partial charge in [0.05, 0.1) is 0 Å². The van der Waals surface area contributed by atoms with Crippen molar-refractivity contribution >= 4 is 17.2 Å². The van der Waals surface area contributed by atoms with Crippen molar-refractivity contribution in [2.24, 2.45) is 5.73 Å². The molecule has 3 nitrogen and oxygen atoms in total. The highest BCUT2D eigenvalue weighted by molar-refractivity contribution is 7.80. The average Bonchev–Trinajstić information content (AvgIpc) is 2.46. The van der Waals surface area contributed by atoms with Crippen LogP contribution in [-0.4, -0.2) is 35.6 Å². The number of nitrogens with two attached hydrogens (primary N) is 1. The summed E-state index contributed by atoms with van der Waals surface area (Å²) in [5.41, 5.74) is 6.49. The van der Waals surface area contributed by atoms with E-state index in [0.29, 0.717) is 17.6 Å². The van der Waals surface area contributed by atoms with Crippen LogP contribution in [0.3, 0.4) is 0 Å². The van der Waals surface area contributed by atoms with Crippen LogP contribution in [0.2, 0.25) is 0 Å². The molecule has 0 bridgehead atoms. The number of rotatable bonds is 10. The minimum Gasteiger partial charge on any atom is -0.492 e. The molecule has 1 aromatic rings. The highest BCUT2D eigenvalue weighted by Gasteiger charge is 2.09. The fourth-order valence-electron chi connectivity index (χ4n) is 2.21. The second kappa shape index (κ2) is 9.74.